The van der Waals surface area contributed by atoms with Gasteiger partial charge in [0, 0.05) is 30.8 Å². The fourth-order valence-electron chi connectivity index (χ4n) is 2.03. The third-order valence-corrected chi connectivity index (χ3v) is 3.41. The van der Waals surface area contributed by atoms with Gasteiger partial charge in [-0.25, -0.2) is 0 Å². The van der Waals surface area contributed by atoms with Crippen molar-refractivity contribution < 1.29 is 24.0 Å². The Kier molecular flexibility index (Phi) is 9.13. The van der Waals surface area contributed by atoms with E-state index in [-0.39, 0.29) is 37.2 Å². The lowest BCUT2D eigenvalue weighted by atomic mass is 10.2. The van der Waals surface area contributed by atoms with Crippen LogP contribution in [0.3, 0.4) is 0 Å². The van der Waals surface area contributed by atoms with E-state index in [0.717, 1.165) is 6.07 Å². The molecule has 0 aliphatic rings. The second-order valence-corrected chi connectivity index (χ2v) is 5.35. The van der Waals surface area contributed by atoms with E-state index in [0.29, 0.717) is 0 Å². The number of nitrogens with zero attached hydrogens (tertiary/aromatic N) is 4. The zero-order chi connectivity index (χ0) is 20.9. The molecule has 0 spiro atoms. The van der Waals surface area contributed by atoms with Gasteiger partial charge in [0.15, 0.2) is 6.61 Å². The molecule has 1 aromatic rings. The van der Waals surface area contributed by atoms with Crippen molar-refractivity contribution in [1.29, 1.82) is 10.5 Å². The molecule has 146 valence electrons. The molecule has 0 aliphatic heterocycles. The number of hydrogen-bond donors (Lipinski definition) is 1. The van der Waals surface area contributed by atoms with Crippen LogP contribution in [0.15, 0.2) is 24.3 Å². The highest BCUT2D eigenvalue weighted by Crippen LogP contribution is 2.12. The Morgan fingerprint density at radius 2 is 1.82 bits per heavy atom. The largest absolute Gasteiger partial charge is 0.454 e. The normalized spacial score (nSPS) is 9.50. The number of nitro groups is 1. The minimum Gasteiger partial charge on any atom is -0.454 e. The molecule has 1 N–H and O–H groups in total. The molecule has 0 saturated heterocycles. The quantitative estimate of drug-likeness (QED) is 0.344. The molecule has 28 heavy (non-hydrogen) atoms. The van der Waals surface area contributed by atoms with Crippen LogP contribution >= 0.6 is 0 Å². The van der Waals surface area contributed by atoms with Crippen molar-refractivity contribution in [2.75, 3.05) is 26.2 Å². The molecule has 0 saturated carbocycles. The molecule has 0 radical (unpaired) electrons. The lowest BCUT2D eigenvalue weighted by Gasteiger charge is -2.20. The van der Waals surface area contributed by atoms with E-state index in [1.54, 1.807) is 0 Å². The number of rotatable bonds is 10. The van der Waals surface area contributed by atoms with Gasteiger partial charge in [0.05, 0.1) is 29.9 Å². The number of nitriles is 2. The van der Waals surface area contributed by atoms with E-state index in [4.69, 9.17) is 15.3 Å². The highest BCUT2D eigenvalue weighted by molar-refractivity contribution is 5.96. The molecule has 0 atom stereocenters. The van der Waals surface area contributed by atoms with Crippen LogP contribution in [0, 0.1) is 32.8 Å². The van der Waals surface area contributed by atoms with Gasteiger partial charge in [-0.3, -0.25) is 24.5 Å². The fourth-order valence-corrected chi connectivity index (χ4v) is 2.03. The van der Waals surface area contributed by atoms with Crippen molar-refractivity contribution in [1.82, 2.24) is 10.2 Å². The lowest BCUT2D eigenvalue weighted by molar-refractivity contribution is -0.384. The number of hydrogen-bond acceptors (Lipinski definition) is 8. The van der Waals surface area contributed by atoms with Gasteiger partial charge < -0.3 is 15.0 Å². The van der Waals surface area contributed by atoms with Crippen molar-refractivity contribution in [2.24, 2.45) is 0 Å². The Hall–Kier alpha value is -3.99. The second kappa shape index (κ2) is 11.6. The predicted molar refractivity (Wildman–Crippen MR) is 93.4 cm³/mol. The smallest absolute Gasteiger partial charge is 0.325 e. The number of ether oxygens (including phenoxy) is 1. The summed E-state index contributed by atoms with van der Waals surface area (Å²) in [7, 11) is 0. The molecule has 11 nitrogen and oxygen atoms in total. The van der Waals surface area contributed by atoms with Gasteiger partial charge in [-0.1, -0.05) is 6.07 Å². The van der Waals surface area contributed by atoms with Gasteiger partial charge >= 0.3 is 5.97 Å². The molecule has 0 unspecified atom stereocenters. The minimum atomic E-state index is -0.882. The zero-order valence-electron chi connectivity index (χ0n) is 14.8. The Bertz CT molecular complexity index is 808. The van der Waals surface area contributed by atoms with E-state index >= 15 is 0 Å². The van der Waals surface area contributed by atoms with Crippen LogP contribution in [0.2, 0.25) is 0 Å². The summed E-state index contributed by atoms with van der Waals surface area (Å²) in [6.45, 7) is -0.913. The maximum atomic E-state index is 12.0. The van der Waals surface area contributed by atoms with E-state index in [1.807, 2.05) is 12.1 Å². The molecule has 0 aromatic heterocycles. The summed E-state index contributed by atoms with van der Waals surface area (Å²) in [6, 6.07) is 8.73. The molecule has 0 bridgehead atoms. The summed E-state index contributed by atoms with van der Waals surface area (Å²) in [4.78, 5) is 46.9. The van der Waals surface area contributed by atoms with Crippen molar-refractivity contribution in [3.05, 3.63) is 39.9 Å². The van der Waals surface area contributed by atoms with Gasteiger partial charge in [-0.05, 0) is 6.07 Å². The maximum Gasteiger partial charge on any atom is 0.325 e. The van der Waals surface area contributed by atoms with Crippen LogP contribution in [0.1, 0.15) is 23.2 Å². The topological polar surface area (TPSA) is 166 Å². The number of nitrogens with one attached hydrogen (secondary N) is 1. The number of non-ortho nitro benzene ring substituents is 1. The Balaban J connectivity index is 2.49. The van der Waals surface area contributed by atoms with Gasteiger partial charge in [-0.15, -0.1) is 0 Å². The number of esters is 1. The number of amides is 2. The summed E-state index contributed by atoms with van der Waals surface area (Å²) >= 11 is 0. The first kappa shape index (κ1) is 22.1. The highest BCUT2D eigenvalue weighted by atomic mass is 16.6. The molecule has 0 aliphatic carbocycles. The van der Waals surface area contributed by atoms with Crippen LogP contribution < -0.4 is 5.32 Å². The van der Waals surface area contributed by atoms with Gasteiger partial charge in [0.1, 0.15) is 6.54 Å². The molecule has 11 heteroatoms. The first-order valence-electron chi connectivity index (χ1n) is 8.09. The summed E-state index contributed by atoms with van der Waals surface area (Å²) in [6.07, 6.45) is 0.148. The first-order valence-corrected chi connectivity index (χ1v) is 8.09. The van der Waals surface area contributed by atoms with Crippen LogP contribution in [-0.2, 0) is 14.3 Å². The van der Waals surface area contributed by atoms with Gasteiger partial charge in [0.25, 0.3) is 17.5 Å². The molecule has 2 amide bonds. The minimum absolute atomic E-state index is 0.00254. The van der Waals surface area contributed by atoms with E-state index in [1.165, 1.54) is 23.1 Å². The number of carbonyl (C=O) groups is 3. The predicted octanol–water partition coefficient (Wildman–Crippen LogP) is 0.524. The van der Waals surface area contributed by atoms with Crippen LogP contribution in [-0.4, -0.2) is 53.8 Å². The van der Waals surface area contributed by atoms with Crippen molar-refractivity contribution in [3.8, 4) is 12.1 Å². The van der Waals surface area contributed by atoms with Crippen molar-refractivity contribution in [3.63, 3.8) is 0 Å². The third-order valence-electron chi connectivity index (χ3n) is 3.41. The first-order chi connectivity index (χ1) is 13.4. The van der Waals surface area contributed by atoms with Crippen LogP contribution in [0.25, 0.3) is 0 Å². The number of nitro benzene ring substituents is 1. The Morgan fingerprint density at radius 3 is 2.39 bits per heavy atom. The molecular weight excluding hydrogens is 370 g/mol. The molecule has 0 fully saturated rings. The highest BCUT2D eigenvalue weighted by Gasteiger charge is 2.17. The molecule has 1 aromatic carbocycles. The number of benzene rings is 1. The van der Waals surface area contributed by atoms with Crippen LogP contribution in [0.5, 0.6) is 0 Å². The third kappa shape index (κ3) is 7.49. The van der Waals surface area contributed by atoms with Gasteiger partial charge in [0.2, 0.25) is 0 Å². The molecule has 1 rings (SSSR count). The average Bonchev–Trinajstić information content (AvgIpc) is 2.70. The fraction of sp³-hybridized carbons (Fsp3) is 0.353. The summed E-state index contributed by atoms with van der Waals surface area (Å²) in [5, 5.41) is 30.1. The lowest BCUT2D eigenvalue weighted by Crippen LogP contribution is -2.37. The summed E-state index contributed by atoms with van der Waals surface area (Å²) in [5.74, 6) is -2.16. The molecule has 0 heterocycles. The maximum absolute atomic E-state index is 12.0. The zero-order valence-corrected chi connectivity index (χ0v) is 14.8. The van der Waals surface area contributed by atoms with Crippen molar-refractivity contribution >= 4 is 23.5 Å². The van der Waals surface area contributed by atoms with Gasteiger partial charge in [-0.2, -0.15) is 10.5 Å². The SMILES string of the molecule is N#CCCN(CCC#N)C(=O)COC(=O)CNC(=O)c1cccc([N+](=O)[O-])c1. The standard InChI is InChI=1S/C17H17N5O6/c18-6-2-8-21(9-3-7-19)15(23)12-28-16(24)11-20-17(25)13-4-1-5-14(10-13)22(26)27/h1,4-5,10H,2-3,8-9,11-12H2,(H,20,25). The van der Waals surface area contributed by atoms with E-state index < -0.39 is 35.9 Å². The van der Waals surface area contributed by atoms with Crippen LogP contribution in [0.4, 0.5) is 5.69 Å². The number of carbonyl (C=O) groups excluding carboxylic acids is 3. The Morgan fingerprint density at radius 1 is 1.18 bits per heavy atom. The van der Waals surface area contributed by atoms with E-state index in [2.05, 4.69) is 5.32 Å². The van der Waals surface area contributed by atoms with E-state index in [9.17, 15) is 24.5 Å². The Labute approximate surface area is 160 Å². The van der Waals surface area contributed by atoms with Crippen molar-refractivity contribution in [2.45, 2.75) is 12.8 Å². The monoisotopic (exact) mass is 387 g/mol. The second-order valence-electron chi connectivity index (χ2n) is 5.35. The summed E-state index contributed by atoms with van der Waals surface area (Å²) in [5.41, 5.74) is -0.270. The summed E-state index contributed by atoms with van der Waals surface area (Å²) < 4.78 is 4.77. The average molecular weight is 387 g/mol. The molecular formula is C17H17N5O6.